The van der Waals surface area contributed by atoms with Gasteiger partial charge in [-0.25, -0.2) is 0 Å². The van der Waals surface area contributed by atoms with Gasteiger partial charge in [0.15, 0.2) is 0 Å². The number of hydrogen-bond acceptors (Lipinski definition) is 6. The first kappa shape index (κ1) is 21.9. The zero-order chi connectivity index (χ0) is 20.8. The molecule has 0 saturated heterocycles. The fraction of sp³-hybridized carbons (Fsp3) is 0.0667. The van der Waals surface area contributed by atoms with E-state index in [1.165, 1.54) is 43.3 Å². The van der Waals surface area contributed by atoms with Crippen molar-refractivity contribution in [1.29, 1.82) is 0 Å². The molecule has 0 aliphatic heterocycles. The molecule has 0 spiro atoms. The normalized spacial score (nSPS) is 10.3. The number of hydrogen-bond donors (Lipinski definition) is 5. The third-order valence-electron chi connectivity index (χ3n) is 3.00. The van der Waals surface area contributed by atoms with Crippen molar-refractivity contribution in [3.05, 3.63) is 58.1 Å². The van der Waals surface area contributed by atoms with E-state index in [-0.39, 0.29) is 16.9 Å². The number of carbonyl (C=O) groups excluding carboxylic acids is 2. The molecule has 2 rings (SSSR count). The SMILES string of the molecule is CC(=O)Nc1cccc([As](=O)(O)O)c1O.NC(=O)c1ccc([N+](=O)[O-])cc1. The van der Waals surface area contributed by atoms with Crippen LogP contribution in [0.4, 0.5) is 11.4 Å². The maximum Gasteiger partial charge on any atom is 0.269 e. The number of nitro groups is 1. The van der Waals surface area contributed by atoms with E-state index in [1.807, 2.05) is 0 Å². The van der Waals surface area contributed by atoms with Crippen LogP contribution in [0, 0.1) is 10.1 Å². The smallest absolute Gasteiger partial charge is 0.269 e. The number of benzene rings is 2. The van der Waals surface area contributed by atoms with E-state index in [9.17, 15) is 28.5 Å². The van der Waals surface area contributed by atoms with Gasteiger partial charge in [-0.15, -0.1) is 0 Å². The van der Waals surface area contributed by atoms with Crippen LogP contribution in [0.15, 0.2) is 42.5 Å². The molecule has 0 aromatic heterocycles. The average Bonchev–Trinajstić information content (AvgIpc) is 2.56. The molecule has 0 aliphatic rings. The van der Waals surface area contributed by atoms with Gasteiger partial charge in [-0.05, 0) is 12.1 Å². The summed E-state index contributed by atoms with van der Waals surface area (Å²) >= 11 is -5.15. The maximum absolute atomic E-state index is 11.0. The van der Waals surface area contributed by atoms with E-state index >= 15 is 0 Å². The topological polar surface area (TPSA) is 193 Å². The van der Waals surface area contributed by atoms with Crippen molar-refractivity contribution in [2.75, 3.05) is 5.32 Å². The molecule has 0 fully saturated rings. The Morgan fingerprint density at radius 2 is 1.70 bits per heavy atom. The maximum atomic E-state index is 11.0. The first-order valence-corrected chi connectivity index (χ1v) is 10.5. The van der Waals surface area contributed by atoms with Gasteiger partial charge < -0.3 is 5.73 Å². The van der Waals surface area contributed by atoms with Gasteiger partial charge >= 0.3 is 88.1 Å². The van der Waals surface area contributed by atoms with Crippen LogP contribution in [0.1, 0.15) is 17.3 Å². The van der Waals surface area contributed by atoms with Crippen molar-refractivity contribution < 1.29 is 31.5 Å². The molecule has 6 N–H and O–H groups in total. The second-order valence-corrected chi connectivity index (χ2v) is 8.36. The fourth-order valence-electron chi connectivity index (χ4n) is 1.80. The monoisotopic (exact) mass is 441 g/mol. The largest absolute Gasteiger partial charge is 0.366 e. The molecule has 0 aliphatic carbocycles. The summed E-state index contributed by atoms with van der Waals surface area (Å²) in [6.45, 7) is 1.23. The number of nitrogens with zero attached hydrogens (tertiary/aromatic N) is 1. The van der Waals surface area contributed by atoms with Crippen LogP contribution >= 0.6 is 0 Å². The minimum Gasteiger partial charge on any atom is -0.366 e. The molecule has 0 unspecified atom stereocenters. The Morgan fingerprint density at radius 1 is 1.15 bits per heavy atom. The predicted molar refractivity (Wildman–Crippen MR) is 94.5 cm³/mol. The van der Waals surface area contributed by atoms with Gasteiger partial charge in [0, 0.05) is 17.7 Å². The van der Waals surface area contributed by atoms with E-state index in [0.29, 0.717) is 0 Å². The summed E-state index contributed by atoms with van der Waals surface area (Å²) in [5.74, 6) is -1.61. The quantitative estimate of drug-likeness (QED) is 0.183. The number of phenolic OH excluding ortho intramolecular Hbond substituents is 1. The zero-order valence-corrected chi connectivity index (χ0v) is 15.8. The number of nitrogens with one attached hydrogen (secondary N) is 1. The summed E-state index contributed by atoms with van der Waals surface area (Å²) < 4.78 is 28.4. The van der Waals surface area contributed by atoms with Gasteiger partial charge in [0.05, 0.1) is 4.92 Å². The van der Waals surface area contributed by atoms with Crippen molar-refractivity contribution in [3.8, 4) is 5.75 Å². The summed E-state index contributed by atoms with van der Waals surface area (Å²) in [5.41, 5.74) is 5.13. The zero-order valence-electron chi connectivity index (χ0n) is 13.9. The van der Waals surface area contributed by atoms with Gasteiger partial charge in [-0.1, -0.05) is 0 Å². The molecule has 27 heavy (non-hydrogen) atoms. The summed E-state index contributed by atoms with van der Waals surface area (Å²) in [6, 6.07) is 8.94. The van der Waals surface area contributed by atoms with Crippen molar-refractivity contribution in [1.82, 2.24) is 0 Å². The second-order valence-electron chi connectivity index (χ2n) is 5.07. The third-order valence-corrected chi connectivity index (χ3v) is 5.08. The van der Waals surface area contributed by atoms with Crippen LogP contribution in [-0.2, 0) is 8.53 Å². The van der Waals surface area contributed by atoms with Gasteiger partial charge in [-0.2, -0.15) is 0 Å². The van der Waals surface area contributed by atoms with Crippen molar-refractivity contribution in [2.24, 2.45) is 5.73 Å². The van der Waals surface area contributed by atoms with E-state index in [1.54, 1.807) is 0 Å². The first-order valence-electron chi connectivity index (χ1n) is 7.13. The Hall–Kier alpha value is -3.14. The molecule has 2 amide bonds. The molecule has 0 saturated carbocycles. The number of nitrogens with two attached hydrogens (primary N) is 1. The number of para-hydroxylation sites is 1. The van der Waals surface area contributed by atoms with Crippen LogP contribution in [-0.4, -0.2) is 44.2 Å². The Bertz CT molecular complexity index is 875. The first-order chi connectivity index (χ1) is 12.4. The Kier molecular flexibility index (Phi) is 7.29. The number of nitro benzene ring substituents is 1. The average molecular weight is 441 g/mol. The van der Waals surface area contributed by atoms with Crippen molar-refractivity contribution in [2.45, 2.75) is 6.92 Å². The summed E-state index contributed by atoms with van der Waals surface area (Å²) in [4.78, 5) is 30.9. The van der Waals surface area contributed by atoms with E-state index in [4.69, 9.17) is 13.9 Å². The number of phenols is 1. The molecular formula is C15H16AsN3O8. The molecule has 0 heterocycles. The molecule has 2 aromatic carbocycles. The minimum atomic E-state index is -5.15. The number of rotatable bonds is 4. The molecule has 11 nitrogen and oxygen atoms in total. The Morgan fingerprint density at radius 3 is 2.11 bits per heavy atom. The van der Waals surface area contributed by atoms with E-state index < -0.39 is 41.0 Å². The van der Waals surface area contributed by atoms with Crippen LogP contribution < -0.4 is 15.4 Å². The van der Waals surface area contributed by atoms with Gasteiger partial charge in [0.1, 0.15) is 0 Å². The minimum absolute atomic E-state index is 0.00951. The van der Waals surface area contributed by atoms with E-state index in [0.717, 1.165) is 6.07 Å². The number of non-ortho nitro benzene ring substituents is 1. The van der Waals surface area contributed by atoms with Crippen LogP contribution in [0.25, 0.3) is 0 Å². The van der Waals surface area contributed by atoms with Crippen molar-refractivity contribution >= 4 is 41.7 Å². The number of primary amides is 1. The van der Waals surface area contributed by atoms with Crippen molar-refractivity contribution in [3.63, 3.8) is 0 Å². The molecule has 2 aromatic rings. The van der Waals surface area contributed by atoms with Crippen LogP contribution in [0.5, 0.6) is 5.75 Å². The molecular weight excluding hydrogens is 425 g/mol. The Labute approximate surface area is 155 Å². The third kappa shape index (κ3) is 6.59. The number of aromatic hydroxyl groups is 1. The number of amides is 2. The predicted octanol–water partition coefficient (Wildman–Crippen LogP) is -0.395. The standard InChI is InChI=1S/C8H10AsNO5.C7H6N2O3/c1-5(11)10-7-4-2-3-6(8(7)12)9(13,14)15;8-7(10)5-1-3-6(4-2-5)9(11)12/h2-4,12H,1H3,(H,10,11)(H2,13,14,15);1-4H,(H2,8,10). The van der Waals surface area contributed by atoms with Gasteiger partial charge in [0.2, 0.25) is 5.91 Å². The summed E-state index contributed by atoms with van der Waals surface area (Å²) in [7, 11) is 0. The number of anilines is 1. The summed E-state index contributed by atoms with van der Waals surface area (Å²) in [5, 5.41) is 21.9. The van der Waals surface area contributed by atoms with Gasteiger partial charge in [-0.3, -0.25) is 14.9 Å². The van der Waals surface area contributed by atoms with Crippen LogP contribution in [0.2, 0.25) is 0 Å². The molecule has 0 atom stereocenters. The van der Waals surface area contributed by atoms with Gasteiger partial charge in [0.25, 0.3) is 5.69 Å². The molecule has 12 heteroatoms. The molecule has 0 bridgehead atoms. The fourth-order valence-corrected chi connectivity index (χ4v) is 3.22. The Balaban J connectivity index is 0.000000277. The summed E-state index contributed by atoms with van der Waals surface area (Å²) in [6.07, 6.45) is 0. The van der Waals surface area contributed by atoms with E-state index in [2.05, 4.69) is 5.32 Å². The second kappa shape index (κ2) is 8.99. The number of carbonyl (C=O) groups is 2. The van der Waals surface area contributed by atoms with Crippen LogP contribution in [0.3, 0.4) is 0 Å². The molecule has 144 valence electrons. The molecule has 0 radical (unpaired) electrons.